The zero-order valence-electron chi connectivity index (χ0n) is 11.9. The van der Waals surface area contributed by atoms with Crippen LogP contribution in [0.2, 0.25) is 0 Å². The molecule has 0 aliphatic heterocycles. The molecule has 0 unspecified atom stereocenters. The molecule has 1 rings (SSSR count). The largest absolute Gasteiger partial charge is 0.496 e. The molecule has 0 radical (unpaired) electrons. The quantitative estimate of drug-likeness (QED) is 0.538. The Morgan fingerprint density at radius 1 is 1.50 bits per heavy atom. The maximum atomic E-state index is 11.6. The van der Waals surface area contributed by atoms with Crippen LogP contribution < -0.4 is 4.74 Å². The lowest BCUT2D eigenvalue weighted by molar-refractivity contribution is -0.144. The first-order valence-electron chi connectivity index (χ1n) is 6.42. The molecule has 0 saturated heterocycles. The summed E-state index contributed by atoms with van der Waals surface area (Å²) in [7, 11) is 1.63. The first kappa shape index (κ1) is 16.7. The smallest absolute Gasteiger partial charge is 0.320 e. The second-order valence-corrected chi connectivity index (χ2v) is 5.14. The molecule has 0 amide bonds. The van der Waals surface area contributed by atoms with Gasteiger partial charge in [-0.15, -0.1) is 6.58 Å². The van der Waals surface area contributed by atoms with E-state index in [9.17, 15) is 4.79 Å². The fraction of sp³-hybridized carbons (Fsp3) is 0.400. The minimum atomic E-state index is -0.233. The number of carbonyl (C=O) groups excluding carboxylic acids is 1. The van der Waals surface area contributed by atoms with Crippen LogP contribution in [-0.4, -0.2) is 37.7 Å². The number of benzene rings is 1. The van der Waals surface area contributed by atoms with Crippen LogP contribution >= 0.6 is 15.9 Å². The summed E-state index contributed by atoms with van der Waals surface area (Å²) in [6.07, 6.45) is 1.77. The Bertz CT molecular complexity index is 462. The van der Waals surface area contributed by atoms with Gasteiger partial charge in [0.2, 0.25) is 0 Å². The van der Waals surface area contributed by atoms with Gasteiger partial charge in [-0.05, 0) is 25.1 Å². The maximum Gasteiger partial charge on any atom is 0.320 e. The average Bonchev–Trinajstić information content (AvgIpc) is 2.39. The maximum absolute atomic E-state index is 11.6. The molecule has 0 aliphatic carbocycles. The Labute approximate surface area is 128 Å². The number of rotatable bonds is 8. The number of halogens is 1. The Morgan fingerprint density at radius 2 is 2.25 bits per heavy atom. The SMILES string of the molecule is C=CCN(CC(=O)OCC)Cc1cc(Br)ccc1OC. The highest BCUT2D eigenvalue weighted by atomic mass is 79.9. The van der Waals surface area contributed by atoms with Crippen molar-refractivity contribution in [1.29, 1.82) is 0 Å². The van der Waals surface area contributed by atoms with E-state index in [1.165, 1.54) is 0 Å². The van der Waals surface area contributed by atoms with E-state index >= 15 is 0 Å². The van der Waals surface area contributed by atoms with Crippen molar-refractivity contribution < 1.29 is 14.3 Å². The van der Waals surface area contributed by atoms with Gasteiger partial charge in [-0.1, -0.05) is 22.0 Å². The van der Waals surface area contributed by atoms with Crippen molar-refractivity contribution in [3.05, 3.63) is 40.9 Å². The van der Waals surface area contributed by atoms with E-state index in [1.807, 2.05) is 23.1 Å². The van der Waals surface area contributed by atoms with Crippen molar-refractivity contribution in [2.24, 2.45) is 0 Å². The number of ether oxygens (including phenoxy) is 2. The Kier molecular flexibility index (Phi) is 7.33. The van der Waals surface area contributed by atoms with Gasteiger partial charge in [-0.3, -0.25) is 9.69 Å². The number of esters is 1. The van der Waals surface area contributed by atoms with Crippen molar-refractivity contribution >= 4 is 21.9 Å². The van der Waals surface area contributed by atoms with E-state index in [4.69, 9.17) is 9.47 Å². The molecule has 0 spiro atoms. The van der Waals surface area contributed by atoms with E-state index in [0.29, 0.717) is 19.7 Å². The van der Waals surface area contributed by atoms with Gasteiger partial charge < -0.3 is 9.47 Å². The Balaban J connectivity index is 2.81. The molecule has 0 heterocycles. The molecule has 1 aromatic carbocycles. The summed E-state index contributed by atoms with van der Waals surface area (Å²) in [5.41, 5.74) is 1.01. The van der Waals surface area contributed by atoms with Crippen molar-refractivity contribution in [1.82, 2.24) is 4.90 Å². The molecule has 5 heteroatoms. The molecule has 110 valence electrons. The number of methoxy groups -OCH3 is 1. The summed E-state index contributed by atoms with van der Waals surface area (Å²) in [5.74, 6) is 0.564. The number of nitrogens with zero attached hydrogens (tertiary/aromatic N) is 1. The van der Waals surface area contributed by atoms with Crippen LogP contribution in [0.15, 0.2) is 35.3 Å². The molecule has 0 aliphatic rings. The molecular formula is C15H20BrNO3. The first-order valence-corrected chi connectivity index (χ1v) is 7.21. The summed E-state index contributed by atoms with van der Waals surface area (Å²) >= 11 is 3.44. The van der Waals surface area contributed by atoms with E-state index < -0.39 is 0 Å². The standard InChI is InChI=1S/C15H20BrNO3/c1-4-8-17(11-15(18)20-5-2)10-12-9-13(16)6-7-14(12)19-3/h4,6-7,9H,1,5,8,10-11H2,2-3H3. The molecule has 1 aromatic rings. The van der Waals surface area contributed by atoms with Crippen LogP contribution in [0.3, 0.4) is 0 Å². The Morgan fingerprint density at radius 3 is 2.85 bits per heavy atom. The minimum absolute atomic E-state index is 0.232. The van der Waals surface area contributed by atoms with Crippen molar-refractivity contribution in [2.75, 3.05) is 26.8 Å². The molecule has 4 nitrogen and oxygen atoms in total. The van der Waals surface area contributed by atoms with E-state index in [-0.39, 0.29) is 12.5 Å². The number of carbonyl (C=O) groups is 1. The molecular weight excluding hydrogens is 322 g/mol. The molecule has 0 fully saturated rings. The number of hydrogen-bond donors (Lipinski definition) is 0. The summed E-state index contributed by atoms with van der Waals surface area (Å²) in [4.78, 5) is 13.6. The third-order valence-corrected chi connectivity index (χ3v) is 3.17. The van der Waals surface area contributed by atoms with Crippen LogP contribution in [0.1, 0.15) is 12.5 Å². The minimum Gasteiger partial charge on any atom is -0.496 e. The predicted octanol–water partition coefficient (Wildman–Crippen LogP) is 3.01. The molecule has 20 heavy (non-hydrogen) atoms. The third-order valence-electron chi connectivity index (χ3n) is 2.68. The van der Waals surface area contributed by atoms with Crippen LogP contribution in [0.25, 0.3) is 0 Å². The summed E-state index contributed by atoms with van der Waals surface area (Å²) < 4.78 is 11.3. The van der Waals surface area contributed by atoms with E-state index in [1.54, 1.807) is 20.1 Å². The highest BCUT2D eigenvalue weighted by Crippen LogP contribution is 2.24. The van der Waals surface area contributed by atoms with Crippen molar-refractivity contribution in [2.45, 2.75) is 13.5 Å². The van der Waals surface area contributed by atoms with Gasteiger partial charge in [0.25, 0.3) is 0 Å². The zero-order chi connectivity index (χ0) is 15.0. The van der Waals surface area contributed by atoms with Crippen molar-refractivity contribution in [3.63, 3.8) is 0 Å². The lowest BCUT2D eigenvalue weighted by Gasteiger charge is -2.21. The van der Waals surface area contributed by atoms with E-state index in [0.717, 1.165) is 15.8 Å². The fourth-order valence-corrected chi connectivity index (χ4v) is 2.28. The number of hydrogen-bond acceptors (Lipinski definition) is 4. The normalized spacial score (nSPS) is 10.4. The highest BCUT2D eigenvalue weighted by Gasteiger charge is 2.13. The van der Waals surface area contributed by atoms with Crippen LogP contribution in [0.5, 0.6) is 5.75 Å². The van der Waals surface area contributed by atoms with Crippen LogP contribution in [0, 0.1) is 0 Å². The van der Waals surface area contributed by atoms with E-state index in [2.05, 4.69) is 22.5 Å². The lowest BCUT2D eigenvalue weighted by Crippen LogP contribution is -2.31. The van der Waals surface area contributed by atoms with Gasteiger partial charge in [0.1, 0.15) is 5.75 Å². The first-order chi connectivity index (χ1) is 9.60. The molecule has 0 N–H and O–H groups in total. The third kappa shape index (κ3) is 5.35. The average molecular weight is 342 g/mol. The van der Waals surface area contributed by atoms with Crippen molar-refractivity contribution in [3.8, 4) is 5.75 Å². The lowest BCUT2D eigenvalue weighted by atomic mass is 10.2. The van der Waals surface area contributed by atoms with Gasteiger partial charge >= 0.3 is 5.97 Å². The highest BCUT2D eigenvalue weighted by molar-refractivity contribution is 9.10. The van der Waals surface area contributed by atoms with Crippen LogP contribution in [0.4, 0.5) is 0 Å². The Hall–Kier alpha value is -1.33. The second-order valence-electron chi connectivity index (χ2n) is 4.22. The molecule has 0 bridgehead atoms. The summed E-state index contributed by atoms with van der Waals surface area (Å²) in [5, 5.41) is 0. The predicted molar refractivity (Wildman–Crippen MR) is 82.8 cm³/mol. The van der Waals surface area contributed by atoms with Crippen LogP contribution in [-0.2, 0) is 16.1 Å². The van der Waals surface area contributed by atoms with Gasteiger partial charge in [0.15, 0.2) is 0 Å². The van der Waals surface area contributed by atoms with Gasteiger partial charge in [-0.25, -0.2) is 0 Å². The zero-order valence-corrected chi connectivity index (χ0v) is 13.5. The topological polar surface area (TPSA) is 38.8 Å². The van der Waals surface area contributed by atoms with Gasteiger partial charge in [0, 0.05) is 23.1 Å². The monoisotopic (exact) mass is 341 g/mol. The van der Waals surface area contributed by atoms with Gasteiger partial charge in [-0.2, -0.15) is 0 Å². The summed E-state index contributed by atoms with van der Waals surface area (Å²) in [6, 6.07) is 5.81. The van der Waals surface area contributed by atoms with Gasteiger partial charge in [0.05, 0.1) is 20.3 Å². The molecule has 0 atom stereocenters. The fourth-order valence-electron chi connectivity index (χ4n) is 1.87. The molecule has 0 saturated carbocycles. The molecule has 0 aromatic heterocycles. The second kappa shape index (κ2) is 8.76. The summed E-state index contributed by atoms with van der Waals surface area (Å²) in [6.45, 7) is 7.34.